The molecular formula is C18H36O2. The Balaban J connectivity index is 3.38. The SMILES string of the molecule is CCCCCCCCC/C(C)=C/COCCC(C)(C)O. The zero-order chi connectivity index (χ0) is 15.3. The molecule has 0 atom stereocenters. The van der Waals surface area contributed by atoms with Crippen LogP contribution in [-0.2, 0) is 4.74 Å². The third-order valence-electron chi connectivity index (χ3n) is 3.58. The summed E-state index contributed by atoms with van der Waals surface area (Å²) in [7, 11) is 0. The molecule has 0 amide bonds. The van der Waals surface area contributed by atoms with Crippen LogP contribution in [0.3, 0.4) is 0 Å². The lowest BCUT2D eigenvalue weighted by Gasteiger charge is -2.16. The third kappa shape index (κ3) is 15.7. The monoisotopic (exact) mass is 284 g/mol. The van der Waals surface area contributed by atoms with E-state index in [0.29, 0.717) is 19.6 Å². The van der Waals surface area contributed by atoms with Crippen molar-refractivity contribution in [2.24, 2.45) is 0 Å². The van der Waals surface area contributed by atoms with Gasteiger partial charge in [0.15, 0.2) is 0 Å². The number of hydrogen-bond acceptors (Lipinski definition) is 2. The molecule has 2 nitrogen and oxygen atoms in total. The number of hydrogen-bond donors (Lipinski definition) is 1. The Labute approximate surface area is 126 Å². The van der Waals surface area contributed by atoms with Gasteiger partial charge in [-0.25, -0.2) is 0 Å². The minimum Gasteiger partial charge on any atom is -0.390 e. The van der Waals surface area contributed by atoms with Gasteiger partial charge in [-0.3, -0.25) is 0 Å². The van der Waals surface area contributed by atoms with Crippen molar-refractivity contribution < 1.29 is 9.84 Å². The van der Waals surface area contributed by atoms with E-state index < -0.39 is 5.60 Å². The van der Waals surface area contributed by atoms with Crippen molar-refractivity contribution in [3.8, 4) is 0 Å². The van der Waals surface area contributed by atoms with Crippen molar-refractivity contribution >= 4 is 0 Å². The zero-order valence-corrected chi connectivity index (χ0v) is 14.2. The molecule has 0 radical (unpaired) electrons. The van der Waals surface area contributed by atoms with Crippen molar-refractivity contribution in [2.75, 3.05) is 13.2 Å². The highest BCUT2D eigenvalue weighted by atomic mass is 16.5. The van der Waals surface area contributed by atoms with Crippen molar-refractivity contribution in [1.29, 1.82) is 0 Å². The molecule has 0 spiro atoms. The van der Waals surface area contributed by atoms with Crippen LogP contribution in [0, 0.1) is 0 Å². The third-order valence-corrected chi connectivity index (χ3v) is 3.58. The van der Waals surface area contributed by atoms with Gasteiger partial charge in [-0.05, 0) is 40.0 Å². The molecule has 0 unspecified atom stereocenters. The Kier molecular flexibility index (Phi) is 12.2. The van der Waals surface area contributed by atoms with Gasteiger partial charge in [0.05, 0.1) is 12.2 Å². The Morgan fingerprint density at radius 3 is 2.25 bits per heavy atom. The van der Waals surface area contributed by atoms with E-state index in [1.165, 1.54) is 56.9 Å². The van der Waals surface area contributed by atoms with Crippen molar-refractivity contribution in [1.82, 2.24) is 0 Å². The largest absolute Gasteiger partial charge is 0.390 e. The molecule has 0 aromatic heterocycles. The van der Waals surface area contributed by atoms with E-state index in [0.717, 1.165) is 0 Å². The molecule has 0 aromatic rings. The van der Waals surface area contributed by atoms with E-state index in [1.54, 1.807) is 0 Å². The highest BCUT2D eigenvalue weighted by molar-refractivity contribution is 4.97. The molecule has 2 heteroatoms. The summed E-state index contributed by atoms with van der Waals surface area (Å²) >= 11 is 0. The van der Waals surface area contributed by atoms with Crippen LogP contribution in [0.4, 0.5) is 0 Å². The summed E-state index contributed by atoms with van der Waals surface area (Å²) in [6.07, 6.45) is 13.6. The Hall–Kier alpha value is -0.340. The van der Waals surface area contributed by atoms with Crippen LogP contribution in [-0.4, -0.2) is 23.9 Å². The average Bonchev–Trinajstić information content (AvgIpc) is 2.36. The second kappa shape index (κ2) is 12.4. The van der Waals surface area contributed by atoms with Gasteiger partial charge in [-0.15, -0.1) is 0 Å². The van der Waals surface area contributed by atoms with Gasteiger partial charge in [0, 0.05) is 6.61 Å². The topological polar surface area (TPSA) is 29.5 Å². The number of aliphatic hydroxyl groups is 1. The molecule has 0 rings (SSSR count). The standard InChI is InChI=1S/C18H36O2/c1-5-6-7-8-9-10-11-12-17(2)13-15-20-16-14-18(3,4)19/h13,19H,5-12,14-16H2,1-4H3/b17-13+. The minimum atomic E-state index is -0.615. The zero-order valence-electron chi connectivity index (χ0n) is 14.2. The number of allylic oxidation sites excluding steroid dienone is 1. The maximum Gasteiger partial charge on any atom is 0.0649 e. The van der Waals surface area contributed by atoms with Crippen LogP contribution in [0.1, 0.15) is 85.5 Å². The summed E-state index contributed by atoms with van der Waals surface area (Å²) in [4.78, 5) is 0. The fourth-order valence-corrected chi connectivity index (χ4v) is 2.07. The Morgan fingerprint density at radius 1 is 1.05 bits per heavy atom. The summed E-state index contributed by atoms with van der Waals surface area (Å²) < 4.78 is 5.52. The molecule has 20 heavy (non-hydrogen) atoms. The van der Waals surface area contributed by atoms with Gasteiger partial charge < -0.3 is 9.84 Å². The van der Waals surface area contributed by atoms with Gasteiger partial charge in [-0.2, -0.15) is 0 Å². The first-order chi connectivity index (χ1) is 9.45. The lowest BCUT2D eigenvalue weighted by atomic mass is 10.1. The van der Waals surface area contributed by atoms with Gasteiger partial charge in [0.2, 0.25) is 0 Å². The summed E-state index contributed by atoms with van der Waals surface area (Å²) in [5.74, 6) is 0. The average molecular weight is 284 g/mol. The molecule has 0 bridgehead atoms. The lowest BCUT2D eigenvalue weighted by molar-refractivity contribution is 0.0343. The molecule has 0 aliphatic rings. The van der Waals surface area contributed by atoms with Crippen LogP contribution in [0.5, 0.6) is 0 Å². The fourth-order valence-electron chi connectivity index (χ4n) is 2.07. The molecule has 0 aromatic carbocycles. The second-order valence-electron chi connectivity index (χ2n) is 6.56. The van der Waals surface area contributed by atoms with E-state index in [9.17, 15) is 5.11 Å². The molecule has 0 saturated heterocycles. The number of ether oxygens (including phenoxy) is 1. The van der Waals surface area contributed by atoms with Crippen molar-refractivity contribution in [2.45, 2.75) is 91.1 Å². The first kappa shape index (κ1) is 19.7. The van der Waals surface area contributed by atoms with Gasteiger partial charge in [-0.1, -0.05) is 57.1 Å². The van der Waals surface area contributed by atoms with E-state index >= 15 is 0 Å². The summed E-state index contributed by atoms with van der Waals surface area (Å²) in [5, 5.41) is 9.55. The summed E-state index contributed by atoms with van der Waals surface area (Å²) in [5.41, 5.74) is 0.818. The molecule has 0 fully saturated rings. The quantitative estimate of drug-likeness (QED) is 0.370. The van der Waals surface area contributed by atoms with Crippen LogP contribution in [0.2, 0.25) is 0 Å². The highest BCUT2D eigenvalue weighted by Crippen LogP contribution is 2.12. The van der Waals surface area contributed by atoms with E-state index in [-0.39, 0.29) is 0 Å². The van der Waals surface area contributed by atoms with Crippen LogP contribution < -0.4 is 0 Å². The van der Waals surface area contributed by atoms with Gasteiger partial charge in [0.25, 0.3) is 0 Å². The number of rotatable bonds is 13. The molecule has 0 heterocycles. The summed E-state index contributed by atoms with van der Waals surface area (Å²) in [6, 6.07) is 0. The lowest BCUT2D eigenvalue weighted by Crippen LogP contribution is -2.20. The molecule has 0 aliphatic carbocycles. The van der Waals surface area contributed by atoms with E-state index in [4.69, 9.17) is 4.74 Å². The van der Waals surface area contributed by atoms with E-state index in [2.05, 4.69) is 19.9 Å². The highest BCUT2D eigenvalue weighted by Gasteiger charge is 2.10. The molecular weight excluding hydrogens is 248 g/mol. The Morgan fingerprint density at radius 2 is 1.65 bits per heavy atom. The predicted octanol–water partition coefficient (Wildman–Crippen LogP) is 5.25. The minimum absolute atomic E-state index is 0.615. The normalized spacial score (nSPS) is 12.9. The fraction of sp³-hybridized carbons (Fsp3) is 0.889. The smallest absolute Gasteiger partial charge is 0.0649 e. The first-order valence-electron chi connectivity index (χ1n) is 8.41. The van der Waals surface area contributed by atoms with Crippen LogP contribution in [0.25, 0.3) is 0 Å². The van der Waals surface area contributed by atoms with Crippen molar-refractivity contribution in [3.63, 3.8) is 0 Å². The van der Waals surface area contributed by atoms with Crippen molar-refractivity contribution in [3.05, 3.63) is 11.6 Å². The maximum atomic E-state index is 9.55. The van der Waals surface area contributed by atoms with Crippen LogP contribution >= 0.6 is 0 Å². The maximum absolute atomic E-state index is 9.55. The Bertz CT molecular complexity index is 238. The predicted molar refractivity (Wildman–Crippen MR) is 88.1 cm³/mol. The van der Waals surface area contributed by atoms with Gasteiger partial charge >= 0.3 is 0 Å². The molecule has 120 valence electrons. The molecule has 0 saturated carbocycles. The number of unbranched alkanes of at least 4 members (excludes halogenated alkanes) is 6. The molecule has 1 N–H and O–H groups in total. The second-order valence-corrected chi connectivity index (χ2v) is 6.56. The van der Waals surface area contributed by atoms with Gasteiger partial charge in [0.1, 0.15) is 0 Å². The van der Waals surface area contributed by atoms with Crippen LogP contribution in [0.15, 0.2) is 11.6 Å². The first-order valence-corrected chi connectivity index (χ1v) is 8.41. The summed E-state index contributed by atoms with van der Waals surface area (Å²) in [6.45, 7) is 9.40. The van der Waals surface area contributed by atoms with E-state index in [1.807, 2.05) is 13.8 Å². The molecule has 0 aliphatic heterocycles.